The Hall–Kier alpha value is -3.87. The van der Waals surface area contributed by atoms with Crippen LogP contribution in [0.1, 0.15) is 99.2 Å². The van der Waals surface area contributed by atoms with Gasteiger partial charge in [0.15, 0.2) is 0 Å². The minimum Gasteiger partial charge on any atom is -0.338 e. The van der Waals surface area contributed by atoms with Crippen molar-refractivity contribution in [1.29, 1.82) is 0 Å². The highest BCUT2D eigenvalue weighted by atomic mass is 16.2. The molecule has 3 amide bonds. The van der Waals surface area contributed by atoms with Crippen molar-refractivity contribution >= 4 is 29.1 Å². The number of hydrogen-bond donors (Lipinski definition) is 1. The van der Waals surface area contributed by atoms with Gasteiger partial charge >= 0.3 is 0 Å². The Kier molecular flexibility index (Phi) is 7.38. The third kappa shape index (κ3) is 4.67. The van der Waals surface area contributed by atoms with Crippen LogP contribution in [-0.2, 0) is 16.1 Å². The maximum Gasteiger partial charge on any atom is 0.272 e. The standard InChI is InChI=1S/C37H44N4O3/c1-4-9-31-34(42)38-30-20-29-28(21-32(30)41(31)24(3)27-14-12-25(5-2)13-15-27)33-22-37(17-19-40(33)35(29)43)16-18-39(36(37)44)23-26-10-7-6-8-11-26/h6-11,20-21,25,27,33H,3-5,12-19,22-23H2,1-2H3,(H,38,42)/b31-9-. The summed E-state index contributed by atoms with van der Waals surface area (Å²) in [6.07, 6.45) is 10.6. The molecule has 1 spiro atoms. The number of carbonyl (C=O) groups is 3. The molecule has 7 nitrogen and oxygen atoms in total. The van der Waals surface area contributed by atoms with Crippen LogP contribution in [0.2, 0.25) is 0 Å². The van der Waals surface area contributed by atoms with E-state index in [0.717, 1.165) is 60.7 Å². The van der Waals surface area contributed by atoms with E-state index in [1.54, 1.807) is 0 Å². The van der Waals surface area contributed by atoms with Gasteiger partial charge in [-0.25, -0.2) is 0 Å². The Balaban J connectivity index is 1.21. The van der Waals surface area contributed by atoms with Crippen LogP contribution in [0.3, 0.4) is 0 Å². The molecular weight excluding hydrogens is 548 g/mol. The van der Waals surface area contributed by atoms with E-state index < -0.39 is 5.41 Å². The largest absolute Gasteiger partial charge is 0.338 e. The van der Waals surface area contributed by atoms with Crippen molar-refractivity contribution in [3.63, 3.8) is 0 Å². The third-order valence-electron chi connectivity index (χ3n) is 11.2. The molecule has 1 aliphatic carbocycles. The van der Waals surface area contributed by atoms with Crippen LogP contribution in [0.25, 0.3) is 0 Å². The van der Waals surface area contributed by atoms with E-state index in [1.807, 2.05) is 47.1 Å². The van der Waals surface area contributed by atoms with E-state index in [0.29, 0.717) is 48.8 Å². The average molecular weight is 593 g/mol. The van der Waals surface area contributed by atoms with Crippen LogP contribution in [-0.4, -0.2) is 40.6 Å². The number of rotatable bonds is 6. The first-order chi connectivity index (χ1) is 21.3. The van der Waals surface area contributed by atoms with Crippen molar-refractivity contribution < 1.29 is 14.4 Å². The topological polar surface area (TPSA) is 73.0 Å². The summed E-state index contributed by atoms with van der Waals surface area (Å²) in [5, 5.41) is 3.09. The van der Waals surface area contributed by atoms with Crippen LogP contribution in [0.4, 0.5) is 11.4 Å². The Labute approximate surface area is 261 Å². The van der Waals surface area contributed by atoms with Crippen LogP contribution in [0.5, 0.6) is 0 Å². The van der Waals surface area contributed by atoms with Gasteiger partial charge < -0.3 is 20.0 Å². The summed E-state index contributed by atoms with van der Waals surface area (Å²) in [6, 6.07) is 14.0. The maximum atomic E-state index is 14.0. The molecule has 3 fully saturated rings. The van der Waals surface area contributed by atoms with Crippen LogP contribution in [0, 0.1) is 17.3 Å². The first-order valence-corrected chi connectivity index (χ1v) is 16.7. The van der Waals surface area contributed by atoms with Gasteiger partial charge in [-0.05, 0) is 86.5 Å². The zero-order chi connectivity index (χ0) is 30.6. The molecule has 2 aromatic rings. The van der Waals surface area contributed by atoms with E-state index in [9.17, 15) is 14.4 Å². The smallest absolute Gasteiger partial charge is 0.272 e. The molecule has 7 rings (SSSR count). The molecule has 2 unspecified atom stereocenters. The number of hydrogen-bond acceptors (Lipinski definition) is 4. The summed E-state index contributed by atoms with van der Waals surface area (Å²) in [7, 11) is 0. The molecule has 0 radical (unpaired) electrons. The Bertz CT molecular complexity index is 1540. The second-order valence-electron chi connectivity index (χ2n) is 13.6. The number of benzene rings is 2. The number of amides is 3. The molecule has 2 saturated heterocycles. The first kappa shape index (κ1) is 28.9. The van der Waals surface area contributed by atoms with E-state index in [2.05, 4.69) is 41.9 Å². The van der Waals surface area contributed by atoms with Crippen molar-refractivity contribution in [1.82, 2.24) is 9.80 Å². The van der Waals surface area contributed by atoms with E-state index in [1.165, 1.54) is 19.3 Å². The second-order valence-corrected chi connectivity index (χ2v) is 13.6. The van der Waals surface area contributed by atoms with E-state index in [4.69, 9.17) is 0 Å². The number of likely N-dealkylation sites (tertiary alicyclic amines) is 1. The van der Waals surface area contributed by atoms with Crippen LogP contribution in [0.15, 0.2) is 66.5 Å². The van der Waals surface area contributed by atoms with Crippen molar-refractivity contribution in [2.45, 2.75) is 84.2 Å². The van der Waals surface area contributed by atoms with Crippen LogP contribution < -0.4 is 10.2 Å². The number of allylic oxidation sites excluding steroid dienone is 2. The molecule has 5 aliphatic rings. The Morgan fingerprint density at radius 1 is 1.02 bits per heavy atom. The van der Waals surface area contributed by atoms with Gasteiger partial charge in [0.1, 0.15) is 5.70 Å². The molecule has 2 aromatic carbocycles. The molecule has 44 heavy (non-hydrogen) atoms. The zero-order valence-corrected chi connectivity index (χ0v) is 26.1. The Morgan fingerprint density at radius 2 is 1.77 bits per heavy atom. The summed E-state index contributed by atoms with van der Waals surface area (Å²) in [6.45, 7) is 10.9. The summed E-state index contributed by atoms with van der Waals surface area (Å²) >= 11 is 0. The molecule has 2 atom stereocenters. The zero-order valence-electron chi connectivity index (χ0n) is 26.1. The highest BCUT2D eigenvalue weighted by Gasteiger charge is 2.54. The second kappa shape index (κ2) is 11.2. The van der Waals surface area contributed by atoms with Gasteiger partial charge in [-0.15, -0.1) is 0 Å². The lowest BCUT2D eigenvalue weighted by molar-refractivity contribution is -0.139. The molecule has 0 aromatic heterocycles. The average Bonchev–Trinajstić information content (AvgIpc) is 3.48. The number of nitrogens with one attached hydrogen (secondary N) is 1. The predicted molar refractivity (Wildman–Crippen MR) is 173 cm³/mol. The fourth-order valence-corrected chi connectivity index (χ4v) is 8.56. The lowest BCUT2D eigenvalue weighted by Gasteiger charge is -2.41. The first-order valence-electron chi connectivity index (χ1n) is 16.7. The van der Waals surface area contributed by atoms with Gasteiger partial charge in [-0.3, -0.25) is 14.4 Å². The van der Waals surface area contributed by atoms with E-state index in [-0.39, 0.29) is 23.8 Å². The molecule has 1 N–H and O–H groups in total. The summed E-state index contributed by atoms with van der Waals surface area (Å²) in [4.78, 5) is 47.2. The van der Waals surface area contributed by atoms with Gasteiger partial charge in [-0.2, -0.15) is 0 Å². The summed E-state index contributed by atoms with van der Waals surface area (Å²) in [5.74, 6) is 1.15. The van der Waals surface area contributed by atoms with Crippen molar-refractivity contribution in [2.24, 2.45) is 17.3 Å². The molecule has 4 aliphatic heterocycles. The molecule has 0 bridgehead atoms. The maximum absolute atomic E-state index is 14.0. The van der Waals surface area contributed by atoms with Gasteiger partial charge in [0.2, 0.25) is 5.91 Å². The quantitative estimate of drug-likeness (QED) is 0.361. The molecule has 230 valence electrons. The molecule has 1 saturated carbocycles. The molecule has 7 heteroatoms. The third-order valence-corrected chi connectivity index (χ3v) is 11.2. The number of nitrogens with zero attached hydrogens (tertiary/aromatic N) is 3. The number of fused-ring (bicyclic) bond motifs is 4. The minimum absolute atomic E-state index is 0.00153. The molecular formula is C37H44N4O3. The number of piperidine rings is 1. The summed E-state index contributed by atoms with van der Waals surface area (Å²) in [5.41, 5.74) is 5.46. The van der Waals surface area contributed by atoms with Crippen LogP contribution >= 0.6 is 0 Å². The monoisotopic (exact) mass is 592 g/mol. The highest BCUT2D eigenvalue weighted by molar-refractivity contribution is 6.14. The van der Waals surface area contributed by atoms with Gasteiger partial charge in [0.05, 0.1) is 22.8 Å². The van der Waals surface area contributed by atoms with Gasteiger partial charge in [0.25, 0.3) is 11.8 Å². The Morgan fingerprint density at radius 3 is 2.50 bits per heavy atom. The summed E-state index contributed by atoms with van der Waals surface area (Å²) < 4.78 is 0. The van der Waals surface area contributed by atoms with Crippen molar-refractivity contribution in [2.75, 3.05) is 23.3 Å². The SMILES string of the molecule is C=C(C1CCC(CC)CC1)N1/C(=C\CC)C(=O)Nc2cc3c(cc21)C1CC2(CCN(Cc4ccccc4)C2=O)CCN1C3=O. The minimum atomic E-state index is -0.448. The number of anilines is 2. The van der Waals surface area contributed by atoms with Crippen molar-refractivity contribution in [3.8, 4) is 0 Å². The normalized spacial score (nSPS) is 28.8. The number of carbonyl (C=O) groups excluding carboxylic acids is 3. The predicted octanol–water partition coefficient (Wildman–Crippen LogP) is 7.18. The fourth-order valence-electron chi connectivity index (χ4n) is 8.56. The van der Waals surface area contributed by atoms with Gasteiger partial charge in [-0.1, -0.05) is 63.3 Å². The molecule has 4 heterocycles. The lowest BCUT2D eigenvalue weighted by atomic mass is 9.73. The van der Waals surface area contributed by atoms with Crippen molar-refractivity contribution in [3.05, 3.63) is 83.2 Å². The van der Waals surface area contributed by atoms with E-state index >= 15 is 0 Å². The lowest BCUT2D eigenvalue weighted by Crippen LogP contribution is -2.45. The fraction of sp³-hybridized carbons (Fsp3) is 0.486. The van der Waals surface area contributed by atoms with Gasteiger partial charge in [0, 0.05) is 30.9 Å². The highest BCUT2D eigenvalue weighted by Crippen LogP contribution is 2.54.